The number of ether oxygens (including phenoxy) is 1. The van der Waals surface area contributed by atoms with E-state index in [0.717, 1.165) is 28.8 Å². The summed E-state index contributed by atoms with van der Waals surface area (Å²) in [6.07, 6.45) is 2.62. The Kier molecular flexibility index (Phi) is 5.65. The maximum absolute atomic E-state index is 12.4. The molecule has 124 valence electrons. The Bertz CT molecular complexity index is 705. The summed E-state index contributed by atoms with van der Waals surface area (Å²) in [4.78, 5) is 26.6. The third-order valence-corrected chi connectivity index (χ3v) is 5.70. The fraction of sp³-hybridized carbons (Fsp3) is 0.412. The molecule has 4 nitrogen and oxygen atoms in total. The van der Waals surface area contributed by atoms with Gasteiger partial charge in [0.15, 0.2) is 0 Å². The molecule has 0 aliphatic heterocycles. The first kappa shape index (κ1) is 17.8. The smallest absolute Gasteiger partial charge is 0.313 e. The summed E-state index contributed by atoms with van der Waals surface area (Å²) < 4.78 is 5.43. The molecule has 0 saturated carbocycles. The van der Waals surface area contributed by atoms with Gasteiger partial charge in [0.05, 0.1) is 12.5 Å². The number of halogens is 1. The maximum atomic E-state index is 12.4. The second-order valence-corrected chi connectivity index (χ2v) is 12.9. The van der Waals surface area contributed by atoms with Gasteiger partial charge in [-0.3, -0.25) is 4.79 Å². The summed E-state index contributed by atoms with van der Waals surface area (Å²) in [6, 6.07) is 6.35. The first-order valence-electron chi connectivity index (χ1n) is 7.68. The second-order valence-electron chi connectivity index (χ2n) is 6.87. The number of hydrogen-bond acceptors (Lipinski definition) is 3. The average molecular weight is 352 g/mol. The van der Waals surface area contributed by atoms with E-state index in [4.69, 9.17) is 16.3 Å². The lowest BCUT2D eigenvalue weighted by Crippen LogP contribution is -2.24. The zero-order chi connectivity index (χ0) is 17.0. The average Bonchev–Trinajstić information content (AvgIpc) is 2.86. The van der Waals surface area contributed by atoms with Crippen molar-refractivity contribution in [3.05, 3.63) is 35.0 Å². The number of aldehydes is 1. The summed E-state index contributed by atoms with van der Waals surface area (Å²) in [5.74, 6) is -0.947. The van der Waals surface area contributed by atoms with Crippen LogP contribution in [0.2, 0.25) is 30.7 Å². The van der Waals surface area contributed by atoms with E-state index in [1.54, 1.807) is 18.3 Å². The van der Waals surface area contributed by atoms with E-state index in [0.29, 0.717) is 11.6 Å². The number of benzene rings is 1. The zero-order valence-corrected chi connectivity index (χ0v) is 15.4. The molecule has 1 aromatic carbocycles. The highest BCUT2D eigenvalue weighted by Crippen LogP contribution is 2.30. The molecule has 0 fully saturated rings. The predicted octanol–water partition coefficient (Wildman–Crippen LogP) is 4.38. The Morgan fingerprint density at radius 3 is 2.78 bits per heavy atom. The monoisotopic (exact) mass is 351 g/mol. The molecule has 0 saturated heterocycles. The van der Waals surface area contributed by atoms with Crippen LogP contribution in [0.25, 0.3) is 10.9 Å². The third kappa shape index (κ3) is 4.69. The van der Waals surface area contributed by atoms with Gasteiger partial charge in [-0.2, -0.15) is 0 Å². The van der Waals surface area contributed by atoms with Crippen LogP contribution >= 0.6 is 11.6 Å². The van der Waals surface area contributed by atoms with Gasteiger partial charge in [-0.15, -0.1) is 0 Å². The number of aromatic amines is 1. The summed E-state index contributed by atoms with van der Waals surface area (Å²) in [5.41, 5.74) is 1.64. The molecule has 1 heterocycles. The molecule has 1 aromatic heterocycles. The fourth-order valence-electron chi connectivity index (χ4n) is 2.41. The van der Waals surface area contributed by atoms with E-state index >= 15 is 0 Å². The summed E-state index contributed by atoms with van der Waals surface area (Å²) in [5, 5.41) is 1.45. The van der Waals surface area contributed by atoms with Crippen LogP contribution in [0.1, 0.15) is 17.9 Å². The van der Waals surface area contributed by atoms with Gasteiger partial charge >= 0.3 is 5.97 Å². The number of fused-ring (bicyclic) bond motifs is 1. The van der Waals surface area contributed by atoms with Crippen molar-refractivity contribution in [2.75, 3.05) is 6.61 Å². The van der Waals surface area contributed by atoms with E-state index in [1.807, 2.05) is 6.07 Å². The Labute approximate surface area is 142 Å². The molecule has 23 heavy (non-hydrogen) atoms. The Morgan fingerprint density at radius 2 is 2.13 bits per heavy atom. The number of carbonyl (C=O) groups is 2. The van der Waals surface area contributed by atoms with E-state index in [2.05, 4.69) is 24.6 Å². The van der Waals surface area contributed by atoms with Crippen molar-refractivity contribution in [3.63, 3.8) is 0 Å². The van der Waals surface area contributed by atoms with E-state index < -0.39 is 14.0 Å². The number of nitrogens with one attached hydrogen (secondary N) is 1. The fourth-order valence-corrected chi connectivity index (χ4v) is 3.29. The minimum absolute atomic E-state index is 0.102. The normalized spacial score (nSPS) is 13.0. The van der Waals surface area contributed by atoms with Gasteiger partial charge in [-0.25, -0.2) is 0 Å². The van der Waals surface area contributed by atoms with Gasteiger partial charge in [0.25, 0.3) is 0 Å². The summed E-state index contributed by atoms with van der Waals surface area (Å²) in [6.45, 7) is 7.09. The van der Waals surface area contributed by atoms with Crippen molar-refractivity contribution in [1.29, 1.82) is 0 Å². The van der Waals surface area contributed by atoms with Crippen LogP contribution in [-0.4, -0.2) is 31.9 Å². The largest absolute Gasteiger partial charge is 0.466 e. The van der Waals surface area contributed by atoms with E-state index in [1.165, 1.54) is 0 Å². The van der Waals surface area contributed by atoms with Gasteiger partial charge < -0.3 is 14.5 Å². The van der Waals surface area contributed by atoms with Gasteiger partial charge in [-0.1, -0.05) is 31.2 Å². The Balaban J connectivity index is 2.21. The first-order valence-corrected chi connectivity index (χ1v) is 11.8. The molecule has 0 bridgehead atoms. The lowest BCUT2D eigenvalue weighted by Gasteiger charge is -2.17. The first-order chi connectivity index (χ1) is 10.8. The third-order valence-electron chi connectivity index (χ3n) is 3.76. The number of carbonyl (C=O) groups excluding carboxylic acids is 2. The topological polar surface area (TPSA) is 59.2 Å². The summed E-state index contributed by atoms with van der Waals surface area (Å²) >= 11 is 6.05. The highest BCUT2D eigenvalue weighted by atomic mass is 35.5. The minimum atomic E-state index is -1.27. The van der Waals surface area contributed by atoms with Crippen molar-refractivity contribution in [2.24, 2.45) is 0 Å². The van der Waals surface area contributed by atoms with Crippen LogP contribution in [0, 0.1) is 0 Å². The van der Waals surface area contributed by atoms with Crippen molar-refractivity contribution in [1.82, 2.24) is 4.98 Å². The van der Waals surface area contributed by atoms with Crippen LogP contribution in [0.4, 0.5) is 0 Å². The van der Waals surface area contributed by atoms with Crippen LogP contribution in [0.3, 0.4) is 0 Å². The number of H-pyrrole nitrogens is 1. The molecule has 0 amide bonds. The van der Waals surface area contributed by atoms with Gasteiger partial charge in [0.1, 0.15) is 6.29 Å². The van der Waals surface area contributed by atoms with Crippen LogP contribution in [0.15, 0.2) is 24.4 Å². The van der Waals surface area contributed by atoms with Crippen LogP contribution in [0.5, 0.6) is 0 Å². The highest BCUT2D eigenvalue weighted by Gasteiger charge is 2.25. The van der Waals surface area contributed by atoms with Gasteiger partial charge in [0.2, 0.25) is 0 Å². The van der Waals surface area contributed by atoms with Crippen LogP contribution < -0.4 is 0 Å². The van der Waals surface area contributed by atoms with Gasteiger partial charge in [0, 0.05) is 36.6 Å². The van der Waals surface area contributed by atoms with E-state index in [-0.39, 0.29) is 12.4 Å². The zero-order valence-electron chi connectivity index (χ0n) is 13.7. The molecule has 0 spiro atoms. The quantitative estimate of drug-likeness (QED) is 0.457. The van der Waals surface area contributed by atoms with Crippen molar-refractivity contribution < 1.29 is 14.3 Å². The second kappa shape index (κ2) is 7.32. The minimum Gasteiger partial charge on any atom is -0.466 e. The molecule has 6 heteroatoms. The Hall–Kier alpha value is -1.59. The molecule has 2 aromatic rings. The lowest BCUT2D eigenvalue weighted by atomic mass is 9.96. The molecule has 0 radical (unpaired) electrons. The molecule has 1 atom stereocenters. The van der Waals surface area contributed by atoms with Crippen molar-refractivity contribution >= 4 is 42.8 Å². The molecule has 1 unspecified atom stereocenters. The molecular weight excluding hydrogens is 330 g/mol. The van der Waals surface area contributed by atoms with E-state index in [9.17, 15) is 9.59 Å². The number of rotatable bonds is 7. The highest BCUT2D eigenvalue weighted by molar-refractivity contribution is 6.76. The SMILES string of the molecule is C[Si](C)(C)CCOC(=O)C(CC=O)c1c[nH]c2ccc(Cl)cc12. The maximum Gasteiger partial charge on any atom is 0.313 e. The number of hydrogen-bond donors (Lipinski definition) is 1. The van der Waals surface area contributed by atoms with Crippen molar-refractivity contribution in [3.8, 4) is 0 Å². The van der Waals surface area contributed by atoms with Crippen LogP contribution in [-0.2, 0) is 14.3 Å². The standard InChI is InChI=1S/C17H22ClNO3Si/c1-23(2,3)9-8-22-17(21)13(6-7-20)15-11-19-16-5-4-12(18)10-14(15)16/h4-5,7,10-11,13,19H,6,8-9H2,1-3H3. The van der Waals surface area contributed by atoms with Crippen molar-refractivity contribution in [2.45, 2.75) is 38.0 Å². The molecule has 0 aliphatic carbocycles. The molecule has 2 rings (SSSR count). The number of aromatic nitrogens is 1. The predicted molar refractivity (Wildman–Crippen MR) is 95.8 cm³/mol. The Morgan fingerprint density at radius 1 is 1.39 bits per heavy atom. The molecular formula is C17H22ClNO3Si. The number of esters is 1. The van der Waals surface area contributed by atoms with Gasteiger partial charge in [-0.05, 0) is 29.8 Å². The molecule has 0 aliphatic rings. The molecule has 1 N–H and O–H groups in total. The summed E-state index contributed by atoms with van der Waals surface area (Å²) in [7, 11) is -1.27. The lowest BCUT2D eigenvalue weighted by molar-refractivity contribution is -0.145.